The van der Waals surface area contributed by atoms with E-state index < -0.39 is 0 Å². The molecule has 2 fully saturated rings. The van der Waals surface area contributed by atoms with Crippen LogP contribution in [-0.4, -0.2) is 35.0 Å². The van der Waals surface area contributed by atoms with E-state index in [2.05, 4.69) is 26.1 Å². The third-order valence-electron chi connectivity index (χ3n) is 3.03. The van der Waals surface area contributed by atoms with Crippen LogP contribution in [0.4, 0.5) is 0 Å². The summed E-state index contributed by atoms with van der Waals surface area (Å²) in [6, 6.07) is 0.727. The highest BCUT2D eigenvalue weighted by Gasteiger charge is 2.39. The van der Waals surface area contributed by atoms with Crippen LogP contribution in [0.5, 0.6) is 0 Å². The summed E-state index contributed by atoms with van der Waals surface area (Å²) in [6.45, 7) is 7.21. The highest BCUT2D eigenvalue weighted by Crippen LogP contribution is 2.25. The topological polar surface area (TPSA) is 32.3 Å². The average Bonchev–Trinajstić information content (AvgIpc) is 2.76. The largest absolute Gasteiger partial charge is 0.336 e. The second kappa shape index (κ2) is 3.23. The van der Waals surface area contributed by atoms with E-state index in [1.54, 1.807) is 0 Å². The molecule has 1 saturated heterocycles. The molecule has 0 spiro atoms. The van der Waals surface area contributed by atoms with Crippen molar-refractivity contribution in [3.8, 4) is 0 Å². The van der Waals surface area contributed by atoms with Gasteiger partial charge in [-0.25, -0.2) is 0 Å². The number of hydrogen-bond acceptors (Lipinski definition) is 2. The van der Waals surface area contributed by atoms with Gasteiger partial charge in [0.05, 0.1) is 6.04 Å². The molecule has 14 heavy (non-hydrogen) atoms. The summed E-state index contributed by atoms with van der Waals surface area (Å²) in [6.07, 6.45) is 3.48. The Morgan fingerprint density at radius 3 is 2.36 bits per heavy atom. The predicted octanol–water partition coefficient (Wildman–Crippen LogP) is 1.14. The molecule has 1 heterocycles. The molecule has 1 aliphatic heterocycles. The van der Waals surface area contributed by atoms with Gasteiger partial charge < -0.3 is 10.2 Å². The highest BCUT2D eigenvalue weighted by molar-refractivity contribution is 5.84. The number of nitrogens with zero attached hydrogens (tertiary/aromatic N) is 1. The van der Waals surface area contributed by atoms with Crippen LogP contribution in [0.15, 0.2) is 0 Å². The summed E-state index contributed by atoms with van der Waals surface area (Å²) in [5, 5.41) is 3.41. The van der Waals surface area contributed by atoms with E-state index in [0.717, 1.165) is 13.0 Å². The first-order valence-corrected chi connectivity index (χ1v) is 5.56. The second-order valence-electron chi connectivity index (χ2n) is 5.44. The number of carbonyl (C=O) groups excluding carboxylic acids is 1. The van der Waals surface area contributed by atoms with E-state index in [0.29, 0.717) is 11.9 Å². The normalized spacial score (nSPS) is 28.6. The maximum Gasteiger partial charge on any atom is 0.240 e. The van der Waals surface area contributed by atoms with E-state index in [1.807, 2.05) is 4.90 Å². The lowest BCUT2D eigenvalue weighted by Crippen LogP contribution is -2.47. The summed E-state index contributed by atoms with van der Waals surface area (Å²) < 4.78 is 0. The van der Waals surface area contributed by atoms with Crippen LogP contribution in [0.25, 0.3) is 0 Å². The monoisotopic (exact) mass is 196 g/mol. The molecule has 1 aliphatic carbocycles. The first-order chi connectivity index (χ1) is 6.48. The smallest absolute Gasteiger partial charge is 0.240 e. The van der Waals surface area contributed by atoms with E-state index in [9.17, 15) is 4.79 Å². The van der Waals surface area contributed by atoms with Crippen LogP contribution in [0, 0.1) is 0 Å². The zero-order valence-corrected chi connectivity index (χ0v) is 9.34. The summed E-state index contributed by atoms with van der Waals surface area (Å²) in [5.74, 6) is 0.296. The van der Waals surface area contributed by atoms with E-state index in [4.69, 9.17) is 0 Å². The maximum atomic E-state index is 12.0. The molecule has 1 saturated carbocycles. The Morgan fingerprint density at radius 1 is 1.29 bits per heavy atom. The zero-order valence-electron chi connectivity index (χ0n) is 9.34. The Bertz CT molecular complexity index is 240. The van der Waals surface area contributed by atoms with Gasteiger partial charge in [-0.1, -0.05) is 0 Å². The van der Waals surface area contributed by atoms with Gasteiger partial charge in [0.2, 0.25) is 5.91 Å². The van der Waals surface area contributed by atoms with Crippen LogP contribution in [0.3, 0.4) is 0 Å². The molecule has 1 atom stereocenters. The van der Waals surface area contributed by atoms with Crippen molar-refractivity contribution in [2.45, 2.75) is 57.7 Å². The predicted molar refractivity (Wildman–Crippen MR) is 56.0 cm³/mol. The molecular weight excluding hydrogens is 176 g/mol. The van der Waals surface area contributed by atoms with Gasteiger partial charge in [-0.2, -0.15) is 0 Å². The van der Waals surface area contributed by atoms with Crippen molar-refractivity contribution in [3.05, 3.63) is 0 Å². The van der Waals surface area contributed by atoms with E-state index in [-0.39, 0.29) is 11.6 Å². The Labute approximate surface area is 85.8 Å². The fraction of sp³-hybridized carbons (Fsp3) is 0.909. The lowest BCUT2D eigenvalue weighted by atomic mass is 10.1. The van der Waals surface area contributed by atoms with Gasteiger partial charge in [0.25, 0.3) is 0 Å². The van der Waals surface area contributed by atoms with Crippen molar-refractivity contribution in [2.75, 3.05) is 6.54 Å². The van der Waals surface area contributed by atoms with Gasteiger partial charge >= 0.3 is 0 Å². The number of carbonyl (C=O) groups is 1. The molecule has 3 heteroatoms. The molecule has 2 aliphatic rings. The lowest BCUT2D eigenvalue weighted by molar-refractivity contribution is -0.133. The number of amides is 1. The molecule has 0 bridgehead atoms. The van der Waals surface area contributed by atoms with Crippen LogP contribution < -0.4 is 5.32 Å². The van der Waals surface area contributed by atoms with Crippen LogP contribution in [0.1, 0.15) is 40.0 Å². The highest BCUT2D eigenvalue weighted by atomic mass is 16.2. The van der Waals surface area contributed by atoms with Crippen LogP contribution in [-0.2, 0) is 4.79 Å². The van der Waals surface area contributed by atoms with Gasteiger partial charge in [0.15, 0.2) is 0 Å². The third kappa shape index (κ3) is 1.92. The van der Waals surface area contributed by atoms with Crippen molar-refractivity contribution in [1.29, 1.82) is 0 Å². The maximum absolute atomic E-state index is 12.0. The molecule has 80 valence electrons. The van der Waals surface area contributed by atoms with Crippen molar-refractivity contribution in [3.63, 3.8) is 0 Å². The molecule has 1 amide bonds. The van der Waals surface area contributed by atoms with E-state index in [1.165, 1.54) is 12.8 Å². The Morgan fingerprint density at radius 2 is 1.93 bits per heavy atom. The minimum atomic E-state index is -0.0168. The summed E-state index contributed by atoms with van der Waals surface area (Å²) in [5.41, 5.74) is -0.0168. The van der Waals surface area contributed by atoms with Crippen molar-refractivity contribution in [2.24, 2.45) is 0 Å². The van der Waals surface area contributed by atoms with Gasteiger partial charge in [-0.05, 0) is 40.0 Å². The Hall–Kier alpha value is -0.570. The van der Waals surface area contributed by atoms with Crippen molar-refractivity contribution in [1.82, 2.24) is 10.2 Å². The zero-order chi connectivity index (χ0) is 10.3. The van der Waals surface area contributed by atoms with E-state index >= 15 is 0 Å². The number of hydrogen-bond donors (Lipinski definition) is 1. The van der Waals surface area contributed by atoms with Crippen molar-refractivity contribution < 1.29 is 4.79 Å². The third-order valence-corrected chi connectivity index (χ3v) is 3.03. The molecule has 1 N–H and O–H groups in total. The molecule has 0 aromatic carbocycles. The molecule has 0 radical (unpaired) electrons. The molecular formula is C11H20N2O. The van der Waals surface area contributed by atoms with Gasteiger partial charge in [0, 0.05) is 18.1 Å². The fourth-order valence-electron chi connectivity index (χ4n) is 2.04. The van der Waals surface area contributed by atoms with Gasteiger partial charge in [-0.15, -0.1) is 0 Å². The molecule has 2 rings (SSSR count). The first kappa shape index (κ1) is 9.97. The summed E-state index contributed by atoms with van der Waals surface area (Å²) in [4.78, 5) is 14.0. The second-order valence-corrected chi connectivity index (χ2v) is 5.44. The van der Waals surface area contributed by atoms with Gasteiger partial charge in [0.1, 0.15) is 0 Å². The Balaban J connectivity index is 1.95. The molecule has 3 nitrogen and oxygen atoms in total. The number of likely N-dealkylation sites (tertiary alicyclic amines) is 1. The SMILES string of the molecule is CC(C)(C)N1CCC(NC2CC2)C1=O. The number of rotatable bonds is 2. The van der Waals surface area contributed by atoms with Crippen LogP contribution in [0.2, 0.25) is 0 Å². The van der Waals surface area contributed by atoms with Crippen molar-refractivity contribution >= 4 is 5.91 Å². The molecule has 0 aromatic heterocycles. The minimum absolute atomic E-state index is 0.0168. The first-order valence-electron chi connectivity index (χ1n) is 5.56. The quantitative estimate of drug-likeness (QED) is 0.718. The van der Waals surface area contributed by atoms with Gasteiger partial charge in [-0.3, -0.25) is 4.79 Å². The Kier molecular flexibility index (Phi) is 2.30. The fourth-order valence-corrected chi connectivity index (χ4v) is 2.04. The molecule has 0 aromatic rings. The molecule has 1 unspecified atom stereocenters. The average molecular weight is 196 g/mol. The minimum Gasteiger partial charge on any atom is -0.336 e. The standard InChI is InChI=1S/C11H20N2O/c1-11(2,3)13-7-6-9(10(13)14)12-8-4-5-8/h8-9,12H,4-7H2,1-3H3. The number of nitrogens with one attached hydrogen (secondary N) is 1. The summed E-state index contributed by atoms with van der Waals surface area (Å²) in [7, 11) is 0. The lowest BCUT2D eigenvalue weighted by Gasteiger charge is -2.32. The summed E-state index contributed by atoms with van der Waals surface area (Å²) >= 11 is 0. The van der Waals surface area contributed by atoms with Crippen LogP contribution >= 0.6 is 0 Å².